The SMILES string of the molecule is C1CCCCC1.NC(=O)c1ccnc(N2CCOCC2)c1.Nc1cc(C(F)(F)F)nc2ccccc12. The summed E-state index contributed by atoms with van der Waals surface area (Å²) in [6.45, 7) is 3.00. The molecule has 1 aromatic carbocycles. The lowest BCUT2D eigenvalue weighted by molar-refractivity contribution is -0.140. The van der Waals surface area contributed by atoms with E-state index in [1.165, 1.54) is 44.6 Å². The van der Waals surface area contributed by atoms with Gasteiger partial charge in [-0.1, -0.05) is 56.7 Å². The molecule has 7 nitrogen and oxygen atoms in total. The summed E-state index contributed by atoms with van der Waals surface area (Å²) in [5.74, 6) is 0.363. The monoisotopic (exact) mass is 503 g/mol. The number of nitrogen functional groups attached to an aromatic ring is 1. The van der Waals surface area contributed by atoms with Crippen molar-refractivity contribution in [2.75, 3.05) is 36.9 Å². The number of benzene rings is 1. The van der Waals surface area contributed by atoms with Gasteiger partial charge in [-0.3, -0.25) is 4.79 Å². The van der Waals surface area contributed by atoms with Gasteiger partial charge >= 0.3 is 6.18 Å². The fourth-order valence-corrected chi connectivity index (χ4v) is 3.95. The lowest BCUT2D eigenvalue weighted by Gasteiger charge is -2.27. The van der Waals surface area contributed by atoms with Crippen molar-refractivity contribution < 1.29 is 22.7 Å². The lowest BCUT2D eigenvalue weighted by atomic mass is 10.0. The maximum absolute atomic E-state index is 12.4. The van der Waals surface area contributed by atoms with Crippen LogP contribution in [0.2, 0.25) is 0 Å². The van der Waals surface area contributed by atoms with Crippen molar-refractivity contribution in [2.24, 2.45) is 5.73 Å². The molecular formula is C26H32F3N5O2. The van der Waals surface area contributed by atoms with E-state index in [1.54, 1.807) is 36.5 Å². The summed E-state index contributed by atoms with van der Waals surface area (Å²) >= 11 is 0. The largest absolute Gasteiger partial charge is 0.433 e. The van der Waals surface area contributed by atoms with Gasteiger partial charge in [-0.25, -0.2) is 9.97 Å². The predicted molar refractivity (Wildman–Crippen MR) is 135 cm³/mol. The van der Waals surface area contributed by atoms with Crippen molar-refractivity contribution in [3.8, 4) is 0 Å². The number of alkyl halides is 3. The Balaban J connectivity index is 0.000000164. The molecule has 3 aromatic rings. The van der Waals surface area contributed by atoms with E-state index in [-0.39, 0.29) is 11.2 Å². The zero-order valence-corrected chi connectivity index (χ0v) is 20.1. The molecule has 4 N–H and O–H groups in total. The van der Waals surface area contributed by atoms with Crippen molar-refractivity contribution in [1.29, 1.82) is 0 Å². The number of pyridine rings is 2. The summed E-state index contributed by atoms with van der Waals surface area (Å²) in [6, 6.07) is 10.6. The number of hydrogen-bond donors (Lipinski definition) is 2. The molecule has 5 rings (SSSR count). The summed E-state index contributed by atoms with van der Waals surface area (Å²) in [5.41, 5.74) is 10.6. The molecule has 36 heavy (non-hydrogen) atoms. The van der Waals surface area contributed by atoms with Crippen LogP contribution in [0.15, 0.2) is 48.7 Å². The van der Waals surface area contributed by atoms with Gasteiger partial charge in [0.05, 0.1) is 18.7 Å². The molecule has 1 amide bonds. The van der Waals surface area contributed by atoms with Crippen LogP contribution < -0.4 is 16.4 Å². The van der Waals surface area contributed by atoms with Gasteiger partial charge in [-0.2, -0.15) is 13.2 Å². The number of nitrogens with two attached hydrogens (primary N) is 2. The number of rotatable bonds is 2. The van der Waals surface area contributed by atoms with E-state index in [0.717, 1.165) is 25.0 Å². The predicted octanol–water partition coefficient (Wildman–Crippen LogP) is 5.19. The standard InChI is InChI=1S/C10H7F3N2.C10H13N3O2.C6H12/c11-10(12,13)9-5-7(14)6-3-1-2-4-8(6)15-9;11-10(14)8-1-2-12-9(7-8)13-3-5-15-6-4-13;1-2-4-6-5-3-1/h1-5H,(H2,14,15);1-2,7H,3-6H2,(H2,11,14);1-6H2. The fourth-order valence-electron chi connectivity index (χ4n) is 3.95. The first kappa shape index (κ1) is 27.2. The van der Waals surface area contributed by atoms with E-state index in [4.69, 9.17) is 16.2 Å². The second kappa shape index (κ2) is 13.1. The van der Waals surface area contributed by atoms with Crippen LogP contribution in [0.5, 0.6) is 0 Å². The molecule has 2 fully saturated rings. The second-order valence-electron chi connectivity index (χ2n) is 8.60. The summed E-state index contributed by atoms with van der Waals surface area (Å²) in [4.78, 5) is 20.8. The highest BCUT2D eigenvalue weighted by Gasteiger charge is 2.33. The van der Waals surface area contributed by atoms with Crippen LogP contribution in [-0.2, 0) is 10.9 Å². The molecule has 3 heterocycles. The lowest BCUT2D eigenvalue weighted by Crippen LogP contribution is -2.36. The van der Waals surface area contributed by atoms with Crippen LogP contribution in [0.3, 0.4) is 0 Å². The number of carbonyl (C=O) groups is 1. The van der Waals surface area contributed by atoms with E-state index >= 15 is 0 Å². The Morgan fingerprint density at radius 3 is 2.14 bits per heavy atom. The van der Waals surface area contributed by atoms with Gasteiger partial charge in [0, 0.05) is 35.9 Å². The molecule has 0 radical (unpaired) electrons. The zero-order chi connectivity index (χ0) is 26.0. The van der Waals surface area contributed by atoms with Crippen molar-refractivity contribution >= 4 is 28.3 Å². The maximum Gasteiger partial charge on any atom is 0.433 e. The normalized spacial score (nSPS) is 15.8. The Morgan fingerprint density at radius 1 is 0.944 bits per heavy atom. The molecule has 0 spiro atoms. The van der Waals surface area contributed by atoms with Gasteiger partial charge in [-0.05, 0) is 24.3 Å². The molecule has 2 aliphatic rings. The molecule has 1 aliphatic carbocycles. The average molecular weight is 504 g/mol. The number of ether oxygens (including phenoxy) is 1. The molecular weight excluding hydrogens is 471 g/mol. The van der Waals surface area contributed by atoms with E-state index in [1.807, 2.05) is 0 Å². The summed E-state index contributed by atoms with van der Waals surface area (Å²) in [6.07, 6.45) is 6.14. The van der Waals surface area contributed by atoms with E-state index < -0.39 is 17.8 Å². The first-order chi connectivity index (χ1) is 17.3. The average Bonchev–Trinajstić information content (AvgIpc) is 2.90. The smallest absolute Gasteiger partial charge is 0.398 e. The van der Waals surface area contributed by atoms with Gasteiger partial charge in [0.25, 0.3) is 0 Å². The summed E-state index contributed by atoms with van der Waals surface area (Å²) in [5, 5.41) is 0.533. The van der Waals surface area contributed by atoms with Crippen molar-refractivity contribution in [3.63, 3.8) is 0 Å². The summed E-state index contributed by atoms with van der Waals surface area (Å²) < 4.78 is 42.4. The number of aromatic nitrogens is 2. The van der Waals surface area contributed by atoms with Crippen LogP contribution >= 0.6 is 0 Å². The fraction of sp³-hybridized carbons (Fsp3) is 0.423. The van der Waals surface area contributed by atoms with Crippen molar-refractivity contribution in [2.45, 2.75) is 44.7 Å². The van der Waals surface area contributed by atoms with E-state index in [2.05, 4.69) is 14.9 Å². The Morgan fingerprint density at radius 2 is 1.56 bits per heavy atom. The number of para-hydroxylation sites is 1. The molecule has 194 valence electrons. The minimum Gasteiger partial charge on any atom is -0.398 e. The van der Waals surface area contributed by atoms with Crippen molar-refractivity contribution in [3.05, 3.63) is 59.9 Å². The molecule has 1 aliphatic heterocycles. The molecule has 0 atom stereocenters. The number of fused-ring (bicyclic) bond motifs is 1. The molecule has 1 saturated heterocycles. The van der Waals surface area contributed by atoms with Crippen LogP contribution in [0.1, 0.15) is 54.6 Å². The third-order valence-corrected chi connectivity index (χ3v) is 5.90. The zero-order valence-electron chi connectivity index (χ0n) is 20.1. The molecule has 0 bridgehead atoms. The van der Waals surface area contributed by atoms with Crippen LogP contribution in [0.4, 0.5) is 24.7 Å². The van der Waals surface area contributed by atoms with Crippen LogP contribution in [-0.4, -0.2) is 42.2 Å². The number of nitrogens with zero attached hydrogens (tertiary/aromatic N) is 3. The van der Waals surface area contributed by atoms with Gasteiger partial charge in [-0.15, -0.1) is 0 Å². The van der Waals surface area contributed by atoms with Gasteiger partial charge in [0.2, 0.25) is 5.91 Å². The minimum atomic E-state index is -4.46. The molecule has 2 aromatic heterocycles. The van der Waals surface area contributed by atoms with Gasteiger partial charge in [0.1, 0.15) is 11.5 Å². The number of primary amides is 1. The maximum atomic E-state index is 12.4. The summed E-state index contributed by atoms with van der Waals surface area (Å²) in [7, 11) is 0. The third-order valence-electron chi connectivity index (χ3n) is 5.90. The highest BCUT2D eigenvalue weighted by Crippen LogP contribution is 2.31. The number of amides is 1. The quantitative estimate of drug-likeness (QED) is 0.498. The number of carbonyl (C=O) groups excluding carboxylic acids is 1. The van der Waals surface area contributed by atoms with E-state index in [0.29, 0.717) is 24.2 Å². The highest BCUT2D eigenvalue weighted by molar-refractivity contribution is 5.93. The number of halogens is 3. The van der Waals surface area contributed by atoms with Gasteiger partial charge < -0.3 is 21.1 Å². The minimum absolute atomic E-state index is 0.0907. The second-order valence-corrected chi connectivity index (χ2v) is 8.60. The number of anilines is 2. The van der Waals surface area contributed by atoms with Crippen LogP contribution in [0.25, 0.3) is 10.9 Å². The van der Waals surface area contributed by atoms with Crippen molar-refractivity contribution in [1.82, 2.24) is 9.97 Å². The Hall–Kier alpha value is -3.40. The first-order valence-electron chi connectivity index (χ1n) is 12.1. The molecule has 0 unspecified atom stereocenters. The third kappa shape index (κ3) is 8.08. The Kier molecular flexibility index (Phi) is 9.86. The Bertz CT molecular complexity index is 1120. The number of hydrogen-bond acceptors (Lipinski definition) is 6. The number of morpholine rings is 1. The van der Waals surface area contributed by atoms with Gasteiger partial charge in [0.15, 0.2) is 0 Å². The Labute approximate surface area is 208 Å². The molecule has 10 heteroatoms. The highest BCUT2D eigenvalue weighted by atomic mass is 19.4. The van der Waals surface area contributed by atoms with E-state index in [9.17, 15) is 18.0 Å². The molecule has 1 saturated carbocycles. The first-order valence-corrected chi connectivity index (χ1v) is 12.1. The van der Waals surface area contributed by atoms with Crippen LogP contribution in [0, 0.1) is 0 Å². The topological polar surface area (TPSA) is 107 Å².